The van der Waals surface area contributed by atoms with Crippen LogP contribution in [0.2, 0.25) is 0 Å². The molecule has 0 aliphatic carbocycles. The van der Waals surface area contributed by atoms with E-state index in [1.165, 1.54) is 31.5 Å². The Kier molecular flexibility index (Phi) is 7.11. The second-order valence-corrected chi connectivity index (χ2v) is 8.38. The van der Waals surface area contributed by atoms with Gasteiger partial charge >= 0.3 is 5.69 Å². The number of hydrogen-bond donors (Lipinski definition) is 1. The molecule has 0 aliphatic rings. The first-order valence-electron chi connectivity index (χ1n) is 8.73. The summed E-state index contributed by atoms with van der Waals surface area (Å²) in [6.45, 7) is 3.15. The molecule has 160 valence electrons. The minimum Gasteiger partial charge on any atom is -0.490 e. The van der Waals surface area contributed by atoms with E-state index in [0.29, 0.717) is 11.3 Å². The van der Waals surface area contributed by atoms with Gasteiger partial charge in [0.2, 0.25) is 10.0 Å². The molecule has 10 nitrogen and oxygen atoms in total. The Hall–Kier alpha value is -3.47. The molecule has 0 radical (unpaired) electrons. The monoisotopic (exact) mass is 434 g/mol. The lowest BCUT2D eigenvalue weighted by atomic mass is 10.1. The van der Waals surface area contributed by atoms with Gasteiger partial charge in [-0.05, 0) is 43.2 Å². The van der Waals surface area contributed by atoms with E-state index in [1.54, 1.807) is 19.1 Å². The van der Waals surface area contributed by atoms with Gasteiger partial charge in [-0.2, -0.15) is 5.10 Å². The van der Waals surface area contributed by atoms with Crippen LogP contribution in [0.3, 0.4) is 0 Å². The lowest BCUT2D eigenvalue weighted by Gasteiger charge is -2.23. The smallest absolute Gasteiger partial charge is 0.311 e. The molecular weight excluding hydrogens is 412 g/mol. The highest BCUT2D eigenvalue weighted by molar-refractivity contribution is 7.92. The number of ether oxygens (including phenoxy) is 1. The van der Waals surface area contributed by atoms with Gasteiger partial charge in [0.1, 0.15) is 6.54 Å². The van der Waals surface area contributed by atoms with E-state index in [0.717, 1.165) is 21.7 Å². The Morgan fingerprint density at radius 2 is 2.00 bits per heavy atom. The van der Waals surface area contributed by atoms with Gasteiger partial charge < -0.3 is 4.74 Å². The number of aryl methyl sites for hydroxylation is 1. The van der Waals surface area contributed by atoms with Crippen LogP contribution in [0.25, 0.3) is 0 Å². The zero-order valence-corrected chi connectivity index (χ0v) is 17.8. The van der Waals surface area contributed by atoms with Crippen LogP contribution in [0.1, 0.15) is 16.7 Å². The molecule has 0 fully saturated rings. The maximum Gasteiger partial charge on any atom is 0.311 e. The fraction of sp³-hybridized carbons (Fsp3) is 0.263. The maximum absolute atomic E-state index is 12.3. The van der Waals surface area contributed by atoms with Gasteiger partial charge in [0.25, 0.3) is 5.91 Å². The largest absolute Gasteiger partial charge is 0.490 e. The van der Waals surface area contributed by atoms with Crippen molar-refractivity contribution in [2.24, 2.45) is 5.10 Å². The molecule has 0 aromatic heterocycles. The first-order valence-corrected chi connectivity index (χ1v) is 10.6. The zero-order chi connectivity index (χ0) is 22.5. The summed E-state index contributed by atoms with van der Waals surface area (Å²) < 4.78 is 30.4. The molecule has 0 heterocycles. The highest BCUT2D eigenvalue weighted by atomic mass is 32.2. The summed E-state index contributed by atoms with van der Waals surface area (Å²) >= 11 is 0. The highest BCUT2D eigenvalue weighted by Gasteiger charge is 2.22. The van der Waals surface area contributed by atoms with Crippen molar-refractivity contribution in [1.82, 2.24) is 5.43 Å². The van der Waals surface area contributed by atoms with Crippen LogP contribution < -0.4 is 14.5 Å². The molecule has 2 rings (SSSR count). The predicted molar refractivity (Wildman–Crippen MR) is 113 cm³/mol. The number of sulfonamides is 1. The van der Waals surface area contributed by atoms with Crippen LogP contribution in [0.5, 0.6) is 5.75 Å². The van der Waals surface area contributed by atoms with Crippen molar-refractivity contribution in [3.05, 3.63) is 63.2 Å². The highest BCUT2D eigenvalue weighted by Crippen LogP contribution is 2.27. The average Bonchev–Trinajstić information content (AvgIpc) is 2.67. The molecule has 0 unspecified atom stereocenters. The summed E-state index contributed by atoms with van der Waals surface area (Å²) in [5.74, 6) is -0.570. The molecule has 0 atom stereocenters. The molecule has 0 saturated carbocycles. The molecule has 1 amide bonds. The fourth-order valence-electron chi connectivity index (χ4n) is 2.66. The molecule has 0 aliphatic heterocycles. The predicted octanol–water partition coefficient (Wildman–Crippen LogP) is 2.14. The molecule has 11 heteroatoms. The minimum atomic E-state index is -3.72. The van der Waals surface area contributed by atoms with Gasteiger partial charge in [0, 0.05) is 11.6 Å². The molecule has 0 bridgehead atoms. The van der Waals surface area contributed by atoms with E-state index in [2.05, 4.69) is 10.5 Å². The SMILES string of the molecule is COc1ccc(/C=N\NC(=O)CN(c2cccc(C)c2C)S(C)(=O)=O)cc1[N+](=O)[O-]. The fourth-order valence-corrected chi connectivity index (χ4v) is 3.57. The second-order valence-electron chi connectivity index (χ2n) is 6.47. The van der Waals surface area contributed by atoms with Gasteiger partial charge in [0.05, 0.1) is 30.2 Å². The standard InChI is InChI=1S/C19H22N4O6S/c1-13-6-5-7-16(14(13)2)22(30(4,27)28)12-19(24)21-20-11-15-8-9-18(29-3)17(10-15)23(25)26/h5-11H,12H2,1-4H3,(H,21,24)/b20-11-. The number of carbonyl (C=O) groups excluding carboxylic acids is 1. The summed E-state index contributed by atoms with van der Waals surface area (Å²) in [6.07, 6.45) is 2.23. The Morgan fingerprint density at radius 3 is 2.60 bits per heavy atom. The Bertz CT molecular complexity index is 1100. The molecule has 0 spiro atoms. The summed E-state index contributed by atoms with van der Waals surface area (Å²) in [5.41, 5.74) is 4.39. The van der Waals surface area contributed by atoms with Crippen molar-refractivity contribution in [3.8, 4) is 5.75 Å². The van der Waals surface area contributed by atoms with Crippen LogP contribution in [0.4, 0.5) is 11.4 Å². The number of nitrogens with one attached hydrogen (secondary N) is 1. The number of benzene rings is 2. The molecule has 0 saturated heterocycles. The van der Waals surface area contributed by atoms with Gasteiger partial charge in [-0.15, -0.1) is 0 Å². The normalized spacial score (nSPS) is 11.3. The van der Waals surface area contributed by atoms with E-state index < -0.39 is 27.4 Å². The van der Waals surface area contributed by atoms with Crippen LogP contribution in [-0.2, 0) is 14.8 Å². The lowest BCUT2D eigenvalue weighted by molar-refractivity contribution is -0.385. The van der Waals surface area contributed by atoms with E-state index in [1.807, 2.05) is 13.0 Å². The van der Waals surface area contributed by atoms with Crippen molar-refractivity contribution in [1.29, 1.82) is 0 Å². The topological polar surface area (TPSA) is 131 Å². The third-order valence-electron chi connectivity index (χ3n) is 4.33. The lowest BCUT2D eigenvalue weighted by Crippen LogP contribution is -2.39. The minimum absolute atomic E-state index is 0.0958. The van der Waals surface area contributed by atoms with Gasteiger partial charge in [-0.3, -0.25) is 19.2 Å². The number of carbonyl (C=O) groups is 1. The summed E-state index contributed by atoms with van der Waals surface area (Å²) in [6, 6.07) is 9.36. The quantitative estimate of drug-likeness (QED) is 0.385. The first-order chi connectivity index (χ1) is 14.0. The third-order valence-corrected chi connectivity index (χ3v) is 5.46. The molecular formula is C19H22N4O6S. The Balaban J connectivity index is 2.16. The second kappa shape index (κ2) is 9.35. The van der Waals surface area contributed by atoms with Crippen LogP contribution in [0, 0.1) is 24.0 Å². The number of nitro groups is 1. The number of nitrogens with zero attached hydrogens (tertiary/aromatic N) is 3. The van der Waals surface area contributed by atoms with E-state index in [9.17, 15) is 23.3 Å². The Labute approximate surface area is 174 Å². The molecule has 2 aromatic carbocycles. The number of rotatable bonds is 8. The van der Waals surface area contributed by atoms with Crippen LogP contribution in [-0.4, -0.2) is 45.4 Å². The summed E-state index contributed by atoms with van der Waals surface area (Å²) in [5, 5.41) is 14.8. The van der Waals surface area contributed by atoms with Crippen molar-refractivity contribution >= 4 is 33.5 Å². The number of hydrazone groups is 1. The first kappa shape index (κ1) is 22.8. The zero-order valence-electron chi connectivity index (χ0n) is 16.9. The van der Waals surface area contributed by atoms with Gasteiger partial charge in [0.15, 0.2) is 5.75 Å². The summed E-state index contributed by atoms with van der Waals surface area (Å²) in [4.78, 5) is 22.7. The molecule has 30 heavy (non-hydrogen) atoms. The van der Waals surface area contributed by atoms with Crippen LogP contribution in [0.15, 0.2) is 41.5 Å². The summed E-state index contributed by atoms with van der Waals surface area (Å²) in [7, 11) is -2.40. The number of hydrogen-bond acceptors (Lipinski definition) is 7. The van der Waals surface area contributed by atoms with Crippen molar-refractivity contribution < 1.29 is 22.9 Å². The number of anilines is 1. The number of amides is 1. The van der Waals surface area contributed by atoms with Gasteiger partial charge in [-0.25, -0.2) is 13.8 Å². The van der Waals surface area contributed by atoms with Crippen molar-refractivity contribution in [2.45, 2.75) is 13.8 Å². The molecule has 1 N–H and O–H groups in total. The van der Waals surface area contributed by atoms with Crippen LogP contribution >= 0.6 is 0 Å². The average molecular weight is 434 g/mol. The van der Waals surface area contributed by atoms with Crippen molar-refractivity contribution in [3.63, 3.8) is 0 Å². The maximum atomic E-state index is 12.3. The van der Waals surface area contributed by atoms with E-state index >= 15 is 0 Å². The third kappa shape index (κ3) is 5.54. The number of nitro benzene ring substituents is 1. The number of methoxy groups -OCH3 is 1. The van der Waals surface area contributed by atoms with Crippen molar-refractivity contribution in [2.75, 3.05) is 24.2 Å². The van der Waals surface area contributed by atoms with Gasteiger partial charge in [-0.1, -0.05) is 12.1 Å². The van der Waals surface area contributed by atoms with E-state index in [-0.39, 0.29) is 11.4 Å². The molecule has 2 aromatic rings. The van der Waals surface area contributed by atoms with E-state index in [4.69, 9.17) is 4.74 Å². The Morgan fingerprint density at radius 1 is 1.30 bits per heavy atom.